The van der Waals surface area contributed by atoms with Crippen LogP contribution in [0.15, 0.2) is 18.2 Å². The number of amides is 2. The van der Waals surface area contributed by atoms with Crippen LogP contribution in [-0.2, 0) is 4.79 Å². The fourth-order valence-electron chi connectivity index (χ4n) is 2.49. The molecule has 1 fully saturated rings. The molecule has 114 valence electrons. The van der Waals surface area contributed by atoms with E-state index in [4.69, 9.17) is 0 Å². The fourth-order valence-corrected chi connectivity index (χ4v) is 2.49. The number of phenols is 2. The molecule has 2 rings (SSSR count). The molecule has 1 aromatic rings. The molecule has 6 heteroatoms. The Labute approximate surface area is 123 Å². The maximum atomic E-state index is 12.4. The molecule has 6 nitrogen and oxygen atoms in total. The second-order valence-corrected chi connectivity index (χ2v) is 5.12. The van der Waals surface area contributed by atoms with E-state index < -0.39 is 0 Å². The van der Waals surface area contributed by atoms with Gasteiger partial charge in [-0.05, 0) is 18.6 Å². The zero-order valence-corrected chi connectivity index (χ0v) is 12.1. The number of aromatic hydroxyl groups is 2. The highest BCUT2D eigenvalue weighted by atomic mass is 16.3. The molecule has 0 atom stereocenters. The molecule has 0 radical (unpaired) electrons. The van der Waals surface area contributed by atoms with E-state index in [0.29, 0.717) is 32.6 Å². The molecule has 0 aromatic heterocycles. The summed E-state index contributed by atoms with van der Waals surface area (Å²) in [7, 11) is 0. The van der Waals surface area contributed by atoms with E-state index in [1.165, 1.54) is 18.2 Å². The summed E-state index contributed by atoms with van der Waals surface area (Å²) < 4.78 is 0. The summed E-state index contributed by atoms with van der Waals surface area (Å²) in [4.78, 5) is 27.5. The van der Waals surface area contributed by atoms with Crippen LogP contribution in [0.5, 0.6) is 11.5 Å². The normalized spacial score (nSPS) is 15.7. The summed E-state index contributed by atoms with van der Waals surface area (Å²) in [5.74, 6) is -0.432. The molecule has 1 saturated heterocycles. The summed E-state index contributed by atoms with van der Waals surface area (Å²) >= 11 is 0. The van der Waals surface area contributed by atoms with Crippen molar-refractivity contribution in [2.45, 2.75) is 19.8 Å². The van der Waals surface area contributed by atoms with E-state index >= 15 is 0 Å². The van der Waals surface area contributed by atoms with Gasteiger partial charge in [-0.15, -0.1) is 0 Å². The third kappa shape index (κ3) is 3.65. The van der Waals surface area contributed by atoms with Crippen molar-refractivity contribution in [1.82, 2.24) is 9.80 Å². The Bertz CT molecular complexity index is 524. The van der Waals surface area contributed by atoms with Crippen LogP contribution in [0, 0.1) is 0 Å². The minimum Gasteiger partial charge on any atom is -0.508 e. The number of carbonyl (C=O) groups excluding carboxylic acids is 2. The van der Waals surface area contributed by atoms with E-state index in [1.807, 2.05) is 6.92 Å². The number of benzene rings is 1. The third-order valence-electron chi connectivity index (χ3n) is 3.59. The minimum atomic E-state index is -0.244. The van der Waals surface area contributed by atoms with Gasteiger partial charge in [-0.25, -0.2) is 0 Å². The molecule has 2 amide bonds. The van der Waals surface area contributed by atoms with Gasteiger partial charge in [0.15, 0.2) is 0 Å². The van der Waals surface area contributed by atoms with Crippen molar-refractivity contribution < 1.29 is 19.8 Å². The summed E-state index contributed by atoms with van der Waals surface area (Å²) in [5.41, 5.74) is 0.253. The lowest BCUT2D eigenvalue weighted by atomic mass is 10.1. The smallest absolute Gasteiger partial charge is 0.254 e. The zero-order valence-electron chi connectivity index (χ0n) is 12.1. The largest absolute Gasteiger partial charge is 0.508 e. The maximum absolute atomic E-state index is 12.4. The molecule has 1 aromatic carbocycles. The van der Waals surface area contributed by atoms with Gasteiger partial charge in [0, 0.05) is 44.2 Å². The fraction of sp³-hybridized carbons (Fsp3) is 0.467. The van der Waals surface area contributed by atoms with Crippen molar-refractivity contribution in [3.8, 4) is 11.5 Å². The van der Waals surface area contributed by atoms with E-state index in [2.05, 4.69) is 0 Å². The van der Waals surface area contributed by atoms with E-state index in [-0.39, 0.29) is 28.9 Å². The number of nitrogens with zero attached hydrogens (tertiary/aromatic N) is 2. The number of rotatable bonds is 2. The maximum Gasteiger partial charge on any atom is 0.254 e. The molecular weight excluding hydrogens is 272 g/mol. The van der Waals surface area contributed by atoms with Crippen LogP contribution >= 0.6 is 0 Å². The number of hydrogen-bond acceptors (Lipinski definition) is 4. The number of phenolic OH excluding ortho intramolecular Hbond substituents is 2. The lowest BCUT2D eigenvalue weighted by Crippen LogP contribution is -2.37. The molecule has 0 bridgehead atoms. The van der Waals surface area contributed by atoms with Gasteiger partial charge in [-0.2, -0.15) is 0 Å². The van der Waals surface area contributed by atoms with Gasteiger partial charge in [0.1, 0.15) is 11.5 Å². The molecule has 1 aliphatic rings. The van der Waals surface area contributed by atoms with Crippen LogP contribution in [0.2, 0.25) is 0 Å². The average molecular weight is 292 g/mol. The summed E-state index contributed by atoms with van der Waals surface area (Å²) in [6.45, 7) is 4.01. The van der Waals surface area contributed by atoms with E-state index in [9.17, 15) is 19.8 Å². The second-order valence-electron chi connectivity index (χ2n) is 5.12. The third-order valence-corrected chi connectivity index (χ3v) is 3.59. The van der Waals surface area contributed by atoms with Gasteiger partial charge in [-0.1, -0.05) is 6.92 Å². The van der Waals surface area contributed by atoms with E-state index in [1.54, 1.807) is 9.80 Å². The Kier molecular flexibility index (Phi) is 4.67. The monoisotopic (exact) mass is 292 g/mol. The van der Waals surface area contributed by atoms with Gasteiger partial charge >= 0.3 is 0 Å². The number of hydrogen-bond donors (Lipinski definition) is 2. The molecular formula is C15H20N2O4. The highest BCUT2D eigenvalue weighted by molar-refractivity contribution is 5.95. The van der Waals surface area contributed by atoms with Crippen LogP contribution in [0.1, 0.15) is 30.1 Å². The molecule has 1 aliphatic heterocycles. The van der Waals surface area contributed by atoms with Crippen LogP contribution < -0.4 is 0 Å². The Morgan fingerprint density at radius 1 is 1.00 bits per heavy atom. The lowest BCUT2D eigenvalue weighted by Gasteiger charge is -2.22. The Morgan fingerprint density at radius 2 is 1.57 bits per heavy atom. The van der Waals surface area contributed by atoms with Crippen molar-refractivity contribution in [1.29, 1.82) is 0 Å². The molecule has 0 spiro atoms. The molecule has 21 heavy (non-hydrogen) atoms. The minimum absolute atomic E-state index is 0.0966. The molecule has 0 saturated carbocycles. The lowest BCUT2D eigenvalue weighted by molar-refractivity contribution is -0.130. The predicted molar refractivity (Wildman–Crippen MR) is 77.2 cm³/mol. The van der Waals surface area contributed by atoms with Crippen LogP contribution in [0.4, 0.5) is 0 Å². The van der Waals surface area contributed by atoms with Crippen molar-refractivity contribution in [3.63, 3.8) is 0 Å². The average Bonchev–Trinajstić information content (AvgIpc) is 2.70. The first-order chi connectivity index (χ1) is 10.0. The first-order valence-corrected chi connectivity index (χ1v) is 7.11. The van der Waals surface area contributed by atoms with Crippen molar-refractivity contribution in [3.05, 3.63) is 23.8 Å². The Hall–Kier alpha value is -2.24. The summed E-state index contributed by atoms with van der Waals surface area (Å²) in [6.07, 6.45) is 1.19. The standard InChI is InChI=1S/C15H20N2O4/c1-2-14(20)16-4-3-5-17(7-6-16)15(21)11-8-12(18)10-13(19)9-11/h8-10,18-19H,2-7H2,1H3. The SMILES string of the molecule is CCC(=O)N1CCCN(C(=O)c2cc(O)cc(O)c2)CC1. The zero-order chi connectivity index (χ0) is 15.4. The molecule has 0 unspecified atom stereocenters. The quantitative estimate of drug-likeness (QED) is 0.857. The van der Waals surface area contributed by atoms with Crippen LogP contribution in [0.3, 0.4) is 0 Å². The van der Waals surface area contributed by atoms with Gasteiger partial charge in [0.25, 0.3) is 5.91 Å². The first kappa shape index (κ1) is 15.2. The highest BCUT2D eigenvalue weighted by Gasteiger charge is 2.22. The van der Waals surface area contributed by atoms with E-state index in [0.717, 1.165) is 6.42 Å². The van der Waals surface area contributed by atoms with Crippen molar-refractivity contribution in [2.75, 3.05) is 26.2 Å². The molecule has 0 aliphatic carbocycles. The Balaban J connectivity index is 2.08. The first-order valence-electron chi connectivity index (χ1n) is 7.11. The van der Waals surface area contributed by atoms with Crippen molar-refractivity contribution >= 4 is 11.8 Å². The second kappa shape index (κ2) is 6.47. The highest BCUT2D eigenvalue weighted by Crippen LogP contribution is 2.22. The van der Waals surface area contributed by atoms with Crippen LogP contribution in [-0.4, -0.2) is 58.0 Å². The molecule has 2 N–H and O–H groups in total. The van der Waals surface area contributed by atoms with Crippen molar-refractivity contribution in [2.24, 2.45) is 0 Å². The summed E-state index contributed by atoms with van der Waals surface area (Å²) in [6, 6.07) is 3.85. The Morgan fingerprint density at radius 3 is 2.19 bits per heavy atom. The van der Waals surface area contributed by atoms with Gasteiger partial charge < -0.3 is 20.0 Å². The summed E-state index contributed by atoms with van der Waals surface area (Å²) in [5, 5.41) is 18.9. The van der Waals surface area contributed by atoms with Crippen LogP contribution in [0.25, 0.3) is 0 Å². The van der Waals surface area contributed by atoms with Gasteiger partial charge in [0.05, 0.1) is 0 Å². The molecule has 1 heterocycles. The topological polar surface area (TPSA) is 81.1 Å². The number of carbonyl (C=O) groups is 2. The predicted octanol–water partition coefficient (Wildman–Crippen LogP) is 1.18. The van der Waals surface area contributed by atoms with Gasteiger partial charge in [0.2, 0.25) is 5.91 Å². The van der Waals surface area contributed by atoms with Gasteiger partial charge in [-0.3, -0.25) is 9.59 Å².